The molecular formula is C88H51N5O3. The van der Waals surface area contributed by atoms with Crippen LogP contribution in [-0.2, 0) is 0 Å². The van der Waals surface area contributed by atoms with Crippen LogP contribution in [-0.4, -0.2) is 23.7 Å². The number of fused-ring (bicyclic) bond motifs is 18. The highest BCUT2D eigenvalue weighted by molar-refractivity contribution is 6.15. The van der Waals surface area contributed by atoms with Crippen molar-refractivity contribution in [3.8, 4) is 73.2 Å². The first-order valence-electron chi connectivity index (χ1n) is 32.5. The van der Waals surface area contributed by atoms with Crippen LogP contribution in [0, 0.1) is 0 Å². The van der Waals surface area contributed by atoms with E-state index in [0.29, 0.717) is 5.95 Å². The predicted molar refractivity (Wildman–Crippen MR) is 394 cm³/mol. The Morgan fingerprint density at radius 3 is 0.948 bits per heavy atom. The Labute approximate surface area is 547 Å². The minimum Gasteiger partial charge on any atom is -0.456 e. The highest BCUT2D eigenvalue weighted by Gasteiger charge is 2.23. The van der Waals surface area contributed by atoms with E-state index in [1.165, 1.54) is 10.8 Å². The van der Waals surface area contributed by atoms with E-state index in [1.807, 2.05) is 36.4 Å². The largest absolute Gasteiger partial charge is 0.456 e. The average Bonchev–Trinajstić information content (AvgIpc) is 1.58. The lowest BCUT2D eigenvalue weighted by atomic mass is 10.0. The lowest BCUT2D eigenvalue weighted by Crippen LogP contribution is -2.07. The van der Waals surface area contributed by atoms with Gasteiger partial charge in [0.25, 0.3) is 0 Å². The fourth-order valence-electron chi connectivity index (χ4n) is 15.3. The van der Waals surface area contributed by atoms with Gasteiger partial charge in [-0.25, -0.2) is 4.98 Å². The topological polar surface area (TPSA) is 80.0 Å². The number of aromatic nitrogens is 5. The maximum absolute atomic E-state index is 6.26. The number of rotatable bonds is 8. The minimum atomic E-state index is 0.571. The fourth-order valence-corrected chi connectivity index (χ4v) is 15.3. The van der Waals surface area contributed by atoms with Gasteiger partial charge in [0.05, 0.1) is 38.8 Å². The number of para-hydroxylation sites is 6. The Bertz CT molecular complexity index is 6580. The van der Waals surface area contributed by atoms with E-state index in [9.17, 15) is 0 Å². The zero-order valence-electron chi connectivity index (χ0n) is 51.4. The van der Waals surface area contributed by atoms with Crippen molar-refractivity contribution in [3.63, 3.8) is 0 Å². The van der Waals surface area contributed by atoms with Gasteiger partial charge in [0, 0.05) is 82.0 Å². The quantitative estimate of drug-likeness (QED) is 0.151. The molecule has 8 heteroatoms. The molecule has 0 atom stereocenters. The van der Waals surface area contributed by atoms with E-state index < -0.39 is 0 Å². The SMILES string of the molecule is c1ccc2c(c1)oc1ccc(-c3ccc4c(c3)c3ccccc3n4-c3ccc(-c4ccc(-c5cc(-n6c7ccccc7c7cc(-c8ccc9oc%10ccccc%10c9c8)ccc76)nc(-n6c7ccccc7c7cc(-c8ccc9oc%10ccccc%10c9c8)ccc76)n5)cc4)cc3)cc12. The molecule has 0 saturated heterocycles. The summed E-state index contributed by atoms with van der Waals surface area (Å²) in [7, 11) is 0. The molecule has 0 aliphatic carbocycles. The third-order valence-electron chi connectivity index (χ3n) is 19.9. The Kier molecular flexibility index (Phi) is 11.1. The molecule has 14 aromatic carbocycles. The summed E-state index contributed by atoms with van der Waals surface area (Å²) in [5.41, 5.74) is 23.6. The molecule has 0 N–H and O–H groups in total. The van der Waals surface area contributed by atoms with Gasteiger partial charge in [-0.3, -0.25) is 9.13 Å². The summed E-state index contributed by atoms with van der Waals surface area (Å²) in [6, 6.07) is 111. The smallest absolute Gasteiger partial charge is 0.237 e. The van der Waals surface area contributed by atoms with Crippen LogP contribution >= 0.6 is 0 Å². The summed E-state index contributed by atoms with van der Waals surface area (Å²) in [6.45, 7) is 0. The summed E-state index contributed by atoms with van der Waals surface area (Å²) >= 11 is 0. The molecule has 7 heterocycles. The van der Waals surface area contributed by atoms with Crippen LogP contribution in [0.25, 0.3) is 204 Å². The first kappa shape index (κ1) is 52.6. The maximum atomic E-state index is 6.26. The third-order valence-corrected chi connectivity index (χ3v) is 19.9. The number of nitrogens with zero attached hydrogens (tertiary/aromatic N) is 5. The molecule has 96 heavy (non-hydrogen) atoms. The molecule has 0 amide bonds. The van der Waals surface area contributed by atoms with E-state index in [4.69, 9.17) is 23.2 Å². The molecule has 0 radical (unpaired) electrons. The van der Waals surface area contributed by atoms with Crippen molar-refractivity contribution in [1.82, 2.24) is 23.7 Å². The number of benzene rings is 14. The molecule has 7 aromatic heterocycles. The second-order valence-electron chi connectivity index (χ2n) is 25.2. The summed E-state index contributed by atoms with van der Waals surface area (Å²) in [4.78, 5) is 11.3. The van der Waals surface area contributed by atoms with Gasteiger partial charge in [0.15, 0.2) is 0 Å². The first-order valence-corrected chi connectivity index (χ1v) is 32.5. The van der Waals surface area contributed by atoms with Gasteiger partial charge in [-0.2, -0.15) is 4.98 Å². The summed E-state index contributed by atoms with van der Waals surface area (Å²) in [5.74, 6) is 1.33. The highest BCUT2D eigenvalue weighted by atomic mass is 16.3. The van der Waals surface area contributed by atoms with Gasteiger partial charge in [0.1, 0.15) is 39.3 Å². The Morgan fingerprint density at radius 1 is 0.198 bits per heavy atom. The maximum Gasteiger partial charge on any atom is 0.237 e. The zero-order valence-corrected chi connectivity index (χ0v) is 51.4. The van der Waals surface area contributed by atoms with Crippen LogP contribution in [0.2, 0.25) is 0 Å². The summed E-state index contributed by atoms with van der Waals surface area (Å²) < 4.78 is 25.7. The normalized spacial score (nSPS) is 12.2. The molecule has 0 aliphatic heterocycles. The molecule has 0 spiro atoms. The molecule has 0 bridgehead atoms. The zero-order chi connectivity index (χ0) is 62.7. The van der Waals surface area contributed by atoms with Crippen molar-refractivity contribution in [1.29, 1.82) is 0 Å². The Balaban J connectivity index is 0.684. The van der Waals surface area contributed by atoms with E-state index in [-0.39, 0.29) is 0 Å². The van der Waals surface area contributed by atoms with Crippen LogP contribution < -0.4 is 0 Å². The van der Waals surface area contributed by atoms with Gasteiger partial charge in [-0.05, 0) is 166 Å². The standard InChI is InChI=1S/C88H51N5O3/c1-7-19-75-62(13-1)68-45-55(58-34-42-84-71(48-58)65-16-4-10-22-81(65)94-84)31-39-78(68)91(75)61-37-29-53(30-38-61)52-25-27-54(28-26-52)74-51-87(92-76-20-8-2-14-63(76)69-46-56(32-40-79(69)92)59-35-43-85-72(49-59)66-17-5-11-23-82(66)95-85)90-88(89-74)93-77-21-9-3-15-64(77)70-47-57(33-41-80(70)93)60-36-44-86-73(50-60)67-18-6-12-24-83(67)96-86/h1-51H. The van der Waals surface area contributed by atoms with Crippen molar-refractivity contribution in [2.24, 2.45) is 0 Å². The van der Waals surface area contributed by atoms with Crippen LogP contribution in [0.5, 0.6) is 0 Å². The molecule has 0 aliphatic rings. The van der Waals surface area contributed by atoms with E-state index in [1.54, 1.807) is 0 Å². The number of hydrogen-bond acceptors (Lipinski definition) is 5. The molecule has 0 saturated carbocycles. The van der Waals surface area contributed by atoms with E-state index >= 15 is 0 Å². The van der Waals surface area contributed by atoms with Crippen LogP contribution in [0.1, 0.15) is 0 Å². The van der Waals surface area contributed by atoms with Crippen molar-refractivity contribution >= 4 is 131 Å². The van der Waals surface area contributed by atoms with Crippen LogP contribution in [0.4, 0.5) is 0 Å². The molecule has 446 valence electrons. The second kappa shape index (κ2) is 20.2. The lowest BCUT2D eigenvalue weighted by Gasteiger charge is -2.14. The first-order chi connectivity index (χ1) is 47.5. The second-order valence-corrected chi connectivity index (χ2v) is 25.2. The Morgan fingerprint density at radius 2 is 0.500 bits per heavy atom. The van der Waals surface area contributed by atoms with Crippen LogP contribution in [0.15, 0.2) is 323 Å². The van der Waals surface area contributed by atoms with Gasteiger partial charge < -0.3 is 17.8 Å². The molecule has 21 rings (SSSR count). The number of furan rings is 3. The van der Waals surface area contributed by atoms with Gasteiger partial charge in [-0.15, -0.1) is 0 Å². The van der Waals surface area contributed by atoms with Gasteiger partial charge >= 0.3 is 0 Å². The Hall–Kier alpha value is -13.0. The minimum absolute atomic E-state index is 0.571. The van der Waals surface area contributed by atoms with Crippen molar-refractivity contribution in [3.05, 3.63) is 309 Å². The van der Waals surface area contributed by atoms with Gasteiger partial charge in [-0.1, -0.05) is 182 Å². The van der Waals surface area contributed by atoms with Gasteiger partial charge in [0.2, 0.25) is 5.95 Å². The molecule has 8 nitrogen and oxygen atoms in total. The lowest BCUT2D eigenvalue weighted by molar-refractivity contribution is 0.668. The number of hydrogen-bond donors (Lipinski definition) is 0. The van der Waals surface area contributed by atoms with E-state index in [0.717, 1.165) is 188 Å². The molecule has 0 fully saturated rings. The summed E-state index contributed by atoms with van der Waals surface area (Å²) in [5, 5.41) is 13.6. The molecule has 0 unspecified atom stereocenters. The fraction of sp³-hybridized carbons (Fsp3) is 0. The summed E-state index contributed by atoms with van der Waals surface area (Å²) in [6.07, 6.45) is 0. The molecule has 21 aromatic rings. The average molecular weight is 1230 g/mol. The third kappa shape index (κ3) is 7.96. The van der Waals surface area contributed by atoms with Crippen LogP contribution in [0.3, 0.4) is 0 Å². The predicted octanol–water partition coefficient (Wildman–Crippen LogP) is 23.8. The molecular weight excluding hydrogens is 1170 g/mol. The van der Waals surface area contributed by atoms with Crippen molar-refractivity contribution in [2.45, 2.75) is 0 Å². The highest BCUT2D eigenvalue weighted by Crippen LogP contribution is 2.43. The monoisotopic (exact) mass is 1230 g/mol. The van der Waals surface area contributed by atoms with Crippen molar-refractivity contribution in [2.75, 3.05) is 0 Å². The van der Waals surface area contributed by atoms with E-state index in [2.05, 4.69) is 287 Å². The van der Waals surface area contributed by atoms with Crippen molar-refractivity contribution < 1.29 is 13.3 Å².